The van der Waals surface area contributed by atoms with Gasteiger partial charge in [0, 0.05) is 33.4 Å². The Morgan fingerprint density at radius 3 is 2.58 bits per heavy atom. The van der Waals surface area contributed by atoms with Crippen molar-refractivity contribution >= 4 is 41.5 Å². The third kappa shape index (κ3) is 6.43. The van der Waals surface area contributed by atoms with Crippen molar-refractivity contribution in [2.45, 2.75) is 6.42 Å². The van der Waals surface area contributed by atoms with Crippen molar-refractivity contribution in [1.29, 1.82) is 0 Å². The number of nitrogens with one attached hydrogen (secondary N) is 1. The summed E-state index contributed by atoms with van der Waals surface area (Å²) in [6.45, 7) is 0.985. The number of methoxy groups -OCH3 is 2. The minimum atomic E-state index is -0.379. The van der Waals surface area contributed by atoms with E-state index >= 15 is 0 Å². The van der Waals surface area contributed by atoms with E-state index in [1.807, 2.05) is 0 Å². The maximum Gasteiger partial charge on any atom is 0.257 e. The average Bonchev–Trinajstić information content (AvgIpc) is 2.52. The second-order valence-electron chi connectivity index (χ2n) is 4.93. The zero-order chi connectivity index (χ0) is 17.4. The summed E-state index contributed by atoms with van der Waals surface area (Å²) in [6.07, 6.45) is 0.710. The number of anilines is 1. The Morgan fingerprint density at radius 1 is 1.33 bits per heavy atom. The summed E-state index contributed by atoms with van der Waals surface area (Å²) < 4.78 is 10.0. The Kier molecular flexibility index (Phi) is 10.2. The molecule has 24 heavy (non-hydrogen) atoms. The molecule has 0 aliphatic heterocycles. The van der Waals surface area contributed by atoms with E-state index in [1.54, 1.807) is 7.11 Å². The van der Waals surface area contributed by atoms with Gasteiger partial charge in [-0.05, 0) is 12.5 Å². The van der Waals surface area contributed by atoms with Crippen LogP contribution in [-0.2, 0) is 9.53 Å². The van der Waals surface area contributed by atoms with E-state index in [-0.39, 0.29) is 41.4 Å². The van der Waals surface area contributed by atoms with E-state index in [1.165, 1.54) is 31.2 Å². The van der Waals surface area contributed by atoms with Crippen LogP contribution in [0.2, 0.25) is 5.02 Å². The number of hydrogen-bond acceptors (Lipinski definition) is 5. The number of amides is 2. The minimum absolute atomic E-state index is 0. The molecule has 2 amide bonds. The second kappa shape index (κ2) is 11.0. The first-order valence-corrected chi connectivity index (χ1v) is 7.42. The molecular formula is C15H23Cl2N3O4. The molecule has 0 aliphatic rings. The van der Waals surface area contributed by atoms with Crippen molar-refractivity contribution in [3.8, 4) is 5.75 Å². The van der Waals surface area contributed by atoms with E-state index in [9.17, 15) is 9.59 Å². The summed E-state index contributed by atoms with van der Waals surface area (Å²) in [5.41, 5.74) is 6.26. The summed E-state index contributed by atoms with van der Waals surface area (Å²) in [5, 5.41) is 2.97. The number of benzene rings is 1. The van der Waals surface area contributed by atoms with Crippen LogP contribution in [0.1, 0.15) is 16.8 Å². The van der Waals surface area contributed by atoms with Gasteiger partial charge in [0.25, 0.3) is 5.91 Å². The van der Waals surface area contributed by atoms with Crippen LogP contribution >= 0.6 is 24.0 Å². The van der Waals surface area contributed by atoms with Crippen LogP contribution in [0, 0.1) is 0 Å². The minimum Gasteiger partial charge on any atom is -0.496 e. The van der Waals surface area contributed by atoms with Crippen molar-refractivity contribution in [1.82, 2.24) is 10.2 Å². The Morgan fingerprint density at radius 2 is 2.00 bits per heavy atom. The lowest BCUT2D eigenvalue weighted by Gasteiger charge is -2.19. The van der Waals surface area contributed by atoms with Gasteiger partial charge in [0.05, 0.1) is 29.9 Å². The number of nitrogens with two attached hydrogens (primary N) is 1. The van der Waals surface area contributed by atoms with E-state index in [0.29, 0.717) is 31.0 Å². The molecule has 0 radical (unpaired) electrons. The number of nitrogen functional groups attached to an aromatic ring is 1. The smallest absolute Gasteiger partial charge is 0.257 e. The number of nitrogens with zero attached hydrogens (tertiary/aromatic N) is 1. The number of carbonyl (C=O) groups excluding carboxylic acids is 2. The highest BCUT2D eigenvalue weighted by atomic mass is 35.5. The molecule has 0 fully saturated rings. The molecule has 0 aromatic heterocycles. The predicted molar refractivity (Wildman–Crippen MR) is 96.1 cm³/mol. The summed E-state index contributed by atoms with van der Waals surface area (Å²) in [5.74, 6) is -0.322. The van der Waals surface area contributed by atoms with Gasteiger partial charge in [-0.3, -0.25) is 9.59 Å². The molecule has 3 N–H and O–H groups in total. The van der Waals surface area contributed by atoms with Gasteiger partial charge < -0.3 is 25.4 Å². The molecule has 0 saturated heterocycles. The van der Waals surface area contributed by atoms with Gasteiger partial charge in [0.1, 0.15) is 5.75 Å². The van der Waals surface area contributed by atoms with Crippen molar-refractivity contribution in [2.24, 2.45) is 0 Å². The normalized spacial score (nSPS) is 9.83. The fourth-order valence-electron chi connectivity index (χ4n) is 1.90. The lowest BCUT2D eigenvalue weighted by molar-refractivity contribution is -0.121. The van der Waals surface area contributed by atoms with Gasteiger partial charge in [-0.15, -0.1) is 12.4 Å². The average molecular weight is 380 g/mol. The number of carbonyl (C=O) groups is 2. The Hall–Kier alpha value is -1.70. The van der Waals surface area contributed by atoms with E-state index in [0.717, 1.165) is 0 Å². The second-order valence-corrected chi connectivity index (χ2v) is 5.34. The molecule has 7 nitrogen and oxygen atoms in total. The summed E-state index contributed by atoms with van der Waals surface area (Å²) in [4.78, 5) is 25.5. The Balaban J connectivity index is 0.00000529. The molecule has 1 rings (SSSR count). The molecular weight excluding hydrogens is 357 g/mol. The fraction of sp³-hybridized carbons (Fsp3) is 0.467. The van der Waals surface area contributed by atoms with Gasteiger partial charge in [-0.2, -0.15) is 0 Å². The summed E-state index contributed by atoms with van der Waals surface area (Å²) in [6, 6.07) is 2.92. The quantitative estimate of drug-likeness (QED) is 0.528. The predicted octanol–water partition coefficient (Wildman–Crippen LogP) is 1.58. The zero-order valence-electron chi connectivity index (χ0n) is 13.9. The topological polar surface area (TPSA) is 93.9 Å². The van der Waals surface area contributed by atoms with Crippen molar-refractivity contribution in [3.63, 3.8) is 0 Å². The number of rotatable bonds is 8. The van der Waals surface area contributed by atoms with Crippen molar-refractivity contribution < 1.29 is 19.1 Å². The monoisotopic (exact) mass is 379 g/mol. The highest BCUT2D eigenvalue weighted by Gasteiger charge is 2.20. The molecule has 0 unspecified atom stereocenters. The van der Waals surface area contributed by atoms with Gasteiger partial charge in [-0.1, -0.05) is 11.6 Å². The zero-order valence-corrected chi connectivity index (χ0v) is 15.5. The highest BCUT2D eigenvalue weighted by Crippen LogP contribution is 2.29. The molecule has 1 aromatic carbocycles. The van der Waals surface area contributed by atoms with Crippen LogP contribution in [0.25, 0.3) is 0 Å². The first kappa shape index (κ1) is 22.3. The highest BCUT2D eigenvalue weighted by molar-refractivity contribution is 6.33. The Bertz CT molecular complexity index is 570. The lowest BCUT2D eigenvalue weighted by atomic mass is 10.1. The largest absolute Gasteiger partial charge is 0.496 e. The number of hydrogen-bond donors (Lipinski definition) is 2. The van der Waals surface area contributed by atoms with Crippen LogP contribution in [0.3, 0.4) is 0 Å². The van der Waals surface area contributed by atoms with Crippen LogP contribution in [-0.4, -0.2) is 57.7 Å². The number of ether oxygens (including phenoxy) is 2. The molecule has 0 spiro atoms. The molecule has 136 valence electrons. The first-order chi connectivity index (χ1) is 10.9. The SMILES string of the molecule is COCCCNC(=O)CN(C)C(=O)c1cc(Cl)c(N)cc1OC.Cl. The third-order valence-corrected chi connectivity index (χ3v) is 3.45. The molecule has 0 bridgehead atoms. The van der Waals surface area contributed by atoms with Crippen LogP contribution in [0.15, 0.2) is 12.1 Å². The maximum absolute atomic E-state index is 12.4. The van der Waals surface area contributed by atoms with E-state index < -0.39 is 0 Å². The molecule has 0 saturated carbocycles. The van der Waals surface area contributed by atoms with E-state index in [2.05, 4.69) is 5.32 Å². The number of likely N-dealkylation sites (N-methyl/N-ethyl adjacent to an activating group) is 1. The van der Waals surface area contributed by atoms with E-state index in [4.69, 9.17) is 26.8 Å². The van der Waals surface area contributed by atoms with Crippen molar-refractivity contribution in [2.75, 3.05) is 46.7 Å². The molecule has 1 aromatic rings. The maximum atomic E-state index is 12.4. The Labute approximate surface area is 152 Å². The molecule has 0 heterocycles. The summed E-state index contributed by atoms with van der Waals surface area (Å²) in [7, 11) is 4.56. The van der Waals surface area contributed by atoms with Crippen molar-refractivity contribution in [3.05, 3.63) is 22.7 Å². The lowest BCUT2D eigenvalue weighted by Crippen LogP contribution is -2.39. The van der Waals surface area contributed by atoms with Crippen LogP contribution < -0.4 is 15.8 Å². The fourth-order valence-corrected chi connectivity index (χ4v) is 2.06. The molecule has 0 aliphatic carbocycles. The standard InChI is InChI=1S/C15H22ClN3O4.ClH/c1-19(9-14(20)18-5-4-6-22-2)15(21)10-7-11(16)12(17)8-13(10)23-3;/h7-8H,4-6,9,17H2,1-3H3,(H,18,20);1H. The van der Waals surface area contributed by atoms with Crippen LogP contribution in [0.5, 0.6) is 5.75 Å². The summed E-state index contributed by atoms with van der Waals surface area (Å²) >= 11 is 5.95. The van der Waals surface area contributed by atoms with Gasteiger partial charge in [0.2, 0.25) is 5.91 Å². The first-order valence-electron chi connectivity index (χ1n) is 7.04. The van der Waals surface area contributed by atoms with Gasteiger partial charge in [-0.25, -0.2) is 0 Å². The van der Waals surface area contributed by atoms with Crippen LogP contribution in [0.4, 0.5) is 5.69 Å². The third-order valence-electron chi connectivity index (χ3n) is 3.12. The molecule has 0 atom stereocenters. The molecule has 9 heteroatoms. The number of halogens is 2. The van der Waals surface area contributed by atoms with Gasteiger partial charge >= 0.3 is 0 Å². The van der Waals surface area contributed by atoms with Gasteiger partial charge in [0.15, 0.2) is 0 Å².